The monoisotopic (exact) mass is 570 g/mol. The number of fused-ring (bicyclic) bond motifs is 1. The summed E-state index contributed by atoms with van der Waals surface area (Å²) in [7, 11) is 0. The zero-order valence-electron chi connectivity index (χ0n) is 20.5. The van der Waals surface area contributed by atoms with Gasteiger partial charge in [0.1, 0.15) is 17.6 Å². The second-order valence-corrected chi connectivity index (χ2v) is 11.4. The van der Waals surface area contributed by atoms with Crippen LogP contribution < -0.4 is 9.47 Å². The molecule has 1 aliphatic carbocycles. The van der Waals surface area contributed by atoms with E-state index in [0.717, 1.165) is 50.4 Å². The lowest BCUT2D eigenvalue weighted by Gasteiger charge is -2.35. The molecule has 1 fully saturated rings. The van der Waals surface area contributed by atoms with E-state index < -0.39 is 0 Å². The van der Waals surface area contributed by atoms with Crippen LogP contribution in [0, 0.1) is 6.92 Å². The van der Waals surface area contributed by atoms with E-state index in [-0.39, 0.29) is 12.2 Å². The molecule has 0 amide bonds. The van der Waals surface area contributed by atoms with Crippen LogP contribution in [0.5, 0.6) is 17.2 Å². The number of thiophene rings is 1. The van der Waals surface area contributed by atoms with Crippen molar-refractivity contribution in [3.05, 3.63) is 113 Å². The van der Waals surface area contributed by atoms with Gasteiger partial charge in [-0.05, 0) is 72.1 Å². The van der Waals surface area contributed by atoms with Crippen LogP contribution in [0.3, 0.4) is 0 Å². The highest BCUT2D eigenvalue weighted by atomic mass is 79.9. The maximum Gasteiger partial charge on any atom is 0.153 e. The molecule has 0 radical (unpaired) electrons. The van der Waals surface area contributed by atoms with Crippen molar-refractivity contribution in [2.75, 3.05) is 0 Å². The Morgan fingerprint density at radius 2 is 1.54 bits per heavy atom. The summed E-state index contributed by atoms with van der Waals surface area (Å²) < 4.78 is 21.0. The molecule has 3 nitrogen and oxygen atoms in total. The predicted octanol–water partition coefficient (Wildman–Crippen LogP) is 9.56. The summed E-state index contributed by atoms with van der Waals surface area (Å²) in [6, 6.07) is 33.2. The molecular formula is C32H27BrO3S. The summed E-state index contributed by atoms with van der Waals surface area (Å²) >= 11 is 5.31. The normalized spacial score (nSPS) is 16.9. The van der Waals surface area contributed by atoms with Crippen molar-refractivity contribution >= 4 is 37.4 Å². The average Bonchev–Trinajstić information content (AvgIpc) is 3.24. The topological polar surface area (TPSA) is 27.7 Å². The van der Waals surface area contributed by atoms with Gasteiger partial charge in [-0.15, -0.1) is 11.3 Å². The largest absolute Gasteiger partial charge is 0.490 e. The molecule has 0 unspecified atom stereocenters. The lowest BCUT2D eigenvalue weighted by molar-refractivity contribution is -0.0683. The molecule has 1 aromatic heterocycles. The summed E-state index contributed by atoms with van der Waals surface area (Å²) in [4.78, 5) is 1.13. The van der Waals surface area contributed by atoms with Gasteiger partial charge in [0.25, 0.3) is 0 Å². The molecule has 0 N–H and O–H groups in total. The van der Waals surface area contributed by atoms with Gasteiger partial charge in [0.15, 0.2) is 5.75 Å². The van der Waals surface area contributed by atoms with Crippen molar-refractivity contribution in [3.63, 3.8) is 0 Å². The van der Waals surface area contributed by atoms with Gasteiger partial charge in [-0.25, -0.2) is 0 Å². The van der Waals surface area contributed by atoms with Crippen molar-refractivity contribution in [1.82, 2.24) is 0 Å². The van der Waals surface area contributed by atoms with Crippen molar-refractivity contribution in [1.29, 1.82) is 0 Å². The third-order valence-electron chi connectivity index (χ3n) is 6.63. The average molecular weight is 572 g/mol. The summed E-state index contributed by atoms with van der Waals surface area (Å²) in [5.41, 5.74) is 3.60. The number of aryl methyl sites for hydroxylation is 1. The second-order valence-electron chi connectivity index (χ2n) is 9.47. The molecule has 0 spiro atoms. The van der Waals surface area contributed by atoms with Crippen LogP contribution in [0.25, 0.3) is 20.5 Å². The van der Waals surface area contributed by atoms with Crippen molar-refractivity contribution < 1.29 is 14.2 Å². The lowest BCUT2D eigenvalue weighted by atomic mass is 9.92. The Morgan fingerprint density at radius 3 is 2.30 bits per heavy atom. The molecule has 0 atom stereocenters. The maximum atomic E-state index is 6.50. The van der Waals surface area contributed by atoms with Crippen LogP contribution in [0.2, 0.25) is 0 Å². The zero-order valence-corrected chi connectivity index (χ0v) is 22.9. The standard InChI is InChI=1S/C32H27BrO3S/c1-21-7-16-29-30(17-21)37-32(23-8-10-24(33)11-9-23)31(29)36-26-14-12-25(13-15-26)35-28-18-27(19-28)34-20-22-5-3-2-4-6-22/h2-17,27-28H,18-20H2,1H3. The molecule has 5 heteroatoms. The lowest BCUT2D eigenvalue weighted by Crippen LogP contribution is -2.39. The van der Waals surface area contributed by atoms with E-state index >= 15 is 0 Å². The van der Waals surface area contributed by atoms with E-state index in [1.165, 1.54) is 15.8 Å². The summed E-state index contributed by atoms with van der Waals surface area (Å²) in [6.45, 7) is 2.78. The highest BCUT2D eigenvalue weighted by Gasteiger charge is 2.31. The van der Waals surface area contributed by atoms with Gasteiger partial charge in [-0.3, -0.25) is 0 Å². The quantitative estimate of drug-likeness (QED) is 0.186. The van der Waals surface area contributed by atoms with E-state index in [2.05, 4.69) is 77.5 Å². The van der Waals surface area contributed by atoms with Crippen molar-refractivity contribution in [3.8, 4) is 27.7 Å². The first-order valence-electron chi connectivity index (χ1n) is 12.5. The molecular weight excluding hydrogens is 544 g/mol. The Hall–Kier alpha value is -3.12. The molecule has 0 saturated heterocycles. The van der Waals surface area contributed by atoms with Gasteiger partial charge in [-0.1, -0.05) is 64.5 Å². The number of hydrogen-bond acceptors (Lipinski definition) is 4. The first-order valence-corrected chi connectivity index (χ1v) is 14.1. The highest BCUT2D eigenvalue weighted by Crippen LogP contribution is 2.46. The van der Waals surface area contributed by atoms with Crippen molar-refractivity contribution in [2.45, 2.75) is 38.6 Å². The zero-order chi connectivity index (χ0) is 25.2. The number of rotatable bonds is 8. The van der Waals surface area contributed by atoms with E-state index in [1.54, 1.807) is 11.3 Å². The Balaban J connectivity index is 1.12. The smallest absolute Gasteiger partial charge is 0.153 e. The minimum Gasteiger partial charge on any atom is -0.490 e. The molecule has 0 aliphatic heterocycles. The van der Waals surface area contributed by atoms with E-state index in [9.17, 15) is 0 Å². The van der Waals surface area contributed by atoms with E-state index in [0.29, 0.717) is 6.61 Å². The Bertz CT molecular complexity index is 1490. The Morgan fingerprint density at radius 1 is 0.811 bits per heavy atom. The van der Waals surface area contributed by atoms with Crippen LogP contribution in [-0.2, 0) is 11.3 Å². The fraction of sp³-hybridized carbons (Fsp3) is 0.188. The molecule has 1 heterocycles. The van der Waals surface area contributed by atoms with Gasteiger partial charge in [0.05, 0.1) is 17.6 Å². The predicted molar refractivity (Wildman–Crippen MR) is 155 cm³/mol. The molecule has 4 aromatic carbocycles. The van der Waals surface area contributed by atoms with Gasteiger partial charge >= 0.3 is 0 Å². The molecule has 0 bridgehead atoms. The van der Waals surface area contributed by atoms with Gasteiger partial charge in [-0.2, -0.15) is 0 Å². The minimum absolute atomic E-state index is 0.195. The van der Waals surface area contributed by atoms with Crippen LogP contribution in [-0.4, -0.2) is 12.2 Å². The third kappa shape index (κ3) is 5.59. The summed E-state index contributed by atoms with van der Waals surface area (Å²) in [6.07, 6.45) is 2.30. The molecule has 186 valence electrons. The number of halogens is 1. The van der Waals surface area contributed by atoms with Gasteiger partial charge < -0.3 is 14.2 Å². The number of ether oxygens (including phenoxy) is 3. The first-order chi connectivity index (χ1) is 18.1. The van der Waals surface area contributed by atoms with Crippen LogP contribution >= 0.6 is 27.3 Å². The summed E-state index contributed by atoms with van der Waals surface area (Å²) in [5.74, 6) is 2.55. The van der Waals surface area contributed by atoms with Crippen LogP contribution in [0.4, 0.5) is 0 Å². The van der Waals surface area contributed by atoms with Crippen LogP contribution in [0.15, 0.2) is 102 Å². The number of hydrogen-bond donors (Lipinski definition) is 0. The SMILES string of the molecule is Cc1ccc2c(Oc3ccc(OC4CC(OCc5ccccc5)C4)cc3)c(-c3ccc(Br)cc3)sc2c1. The van der Waals surface area contributed by atoms with Gasteiger partial charge in [0.2, 0.25) is 0 Å². The second kappa shape index (κ2) is 10.7. The Labute approximate surface area is 229 Å². The summed E-state index contributed by atoms with van der Waals surface area (Å²) in [5, 5.41) is 1.13. The maximum absolute atomic E-state index is 6.50. The third-order valence-corrected chi connectivity index (χ3v) is 8.34. The highest BCUT2D eigenvalue weighted by molar-refractivity contribution is 9.10. The molecule has 1 aliphatic rings. The first kappa shape index (κ1) is 24.2. The fourth-order valence-corrected chi connectivity index (χ4v) is 6.01. The van der Waals surface area contributed by atoms with E-state index in [1.807, 2.05) is 42.5 Å². The molecule has 1 saturated carbocycles. The molecule has 5 aromatic rings. The minimum atomic E-state index is 0.195. The van der Waals surface area contributed by atoms with Gasteiger partial charge in [0, 0.05) is 27.4 Å². The Kier molecular flexibility index (Phi) is 7.01. The molecule has 6 rings (SSSR count). The molecule has 37 heavy (non-hydrogen) atoms. The fourth-order valence-electron chi connectivity index (χ4n) is 4.51. The van der Waals surface area contributed by atoms with Crippen molar-refractivity contribution in [2.24, 2.45) is 0 Å². The number of benzene rings is 4. The van der Waals surface area contributed by atoms with Crippen LogP contribution in [0.1, 0.15) is 24.0 Å². The van der Waals surface area contributed by atoms with E-state index in [4.69, 9.17) is 14.2 Å².